The number of anilines is 1. The highest BCUT2D eigenvalue weighted by atomic mass is 32.2. The zero-order valence-electron chi connectivity index (χ0n) is 14.4. The van der Waals surface area contributed by atoms with E-state index in [0.29, 0.717) is 17.8 Å². The van der Waals surface area contributed by atoms with Crippen molar-refractivity contribution in [2.24, 2.45) is 0 Å². The minimum Gasteiger partial charge on any atom is -0.326 e. The van der Waals surface area contributed by atoms with E-state index in [4.69, 9.17) is 0 Å². The largest absolute Gasteiger partial charge is 0.326 e. The molecule has 6 nitrogen and oxygen atoms in total. The van der Waals surface area contributed by atoms with Crippen LogP contribution in [0.25, 0.3) is 0 Å². The van der Waals surface area contributed by atoms with Crippen LogP contribution >= 0.6 is 0 Å². The molecular formula is C18H21N3O3S. The lowest BCUT2D eigenvalue weighted by Gasteiger charge is -2.32. The van der Waals surface area contributed by atoms with Gasteiger partial charge < -0.3 is 5.32 Å². The number of carbonyl (C=O) groups excluding carboxylic acids is 1. The van der Waals surface area contributed by atoms with Gasteiger partial charge in [-0.1, -0.05) is 19.9 Å². The van der Waals surface area contributed by atoms with Gasteiger partial charge in [-0.15, -0.1) is 0 Å². The summed E-state index contributed by atoms with van der Waals surface area (Å²) in [5.41, 5.74) is 1.71. The van der Waals surface area contributed by atoms with E-state index in [-0.39, 0.29) is 10.8 Å². The van der Waals surface area contributed by atoms with Gasteiger partial charge in [0.25, 0.3) is 0 Å². The number of hydrogen-bond donors (Lipinski definition) is 2. The van der Waals surface area contributed by atoms with Crippen molar-refractivity contribution in [3.05, 3.63) is 53.9 Å². The number of nitrogens with one attached hydrogen (secondary N) is 2. The second-order valence-corrected chi connectivity index (χ2v) is 8.63. The van der Waals surface area contributed by atoms with E-state index in [1.807, 2.05) is 19.9 Å². The zero-order valence-corrected chi connectivity index (χ0v) is 15.2. The molecule has 132 valence electrons. The molecule has 3 rings (SSSR count). The Morgan fingerprint density at radius 1 is 1.24 bits per heavy atom. The highest BCUT2D eigenvalue weighted by molar-refractivity contribution is 7.89. The Balaban J connectivity index is 1.92. The van der Waals surface area contributed by atoms with Crippen molar-refractivity contribution in [1.29, 1.82) is 0 Å². The van der Waals surface area contributed by atoms with Gasteiger partial charge in [0.1, 0.15) is 0 Å². The number of hydrogen-bond acceptors (Lipinski definition) is 4. The smallest absolute Gasteiger partial charge is 0.241 e. The predicted molar refractivity (Wildman–Crippen MR) is 95.7 cm³/mol. The molecule has 25 heavy (non-hydrogen) atoms. The molecule has 1 amide bonds. The Hall–Kier alpha value is -2.25. The summed E-state index contributed by atoms with van der Waals surface area (Å²) < 4.78 is 28.2. The van der Waals surface area contributed by atoms with Crippen molar-refractivity contribution in [2.75, 3.05) is 5.32 Å². The van der Waals surface area contributed by atoms with Crippen LogP contribution in [-0.4, -0.2) is 19.3 Å². The van der Waals surface area contributed by atoms with Gasteiger partial charge in [-0.25, -0.2) is 13.1 Å². The molecule has 2 N–H and O–H groups in total. The number of benzene rings is 1. The second-order valence-electron chi connectivity index (χ2n) is 6.91. The molecule has 1 aliphatic heterocycles. The first-order valence-corrected chi connectivity index (χ1v) is 9.55. The van der Waals surface area contributed by atoms with Crippen molar-refractivity contribution in [3.8, 4) is 0 Å². The molecule has 0 spiro atoms. The van der Waals surface area contributed by atoms with Crippen molar-refractivity contribution < 1.29 is 13.2 Å². The maximum absolute atomic E-state index is 12.8. The normalized spacial score (nSPS) is 17.5. The van der Waals surface area contributed by atoms with Gasteiger partial charge in [-0.3, -0.25) is 9.78 Å². The first-order chi connectivity index (χ1) is 11.7. The molecule has 0 saturated carbocycles. The fourth-order valence-electron chi connectivity index (χ4n) is 3.04. The summed E-state index contributed by atoms with van der Waals surface area (Å²) in [5, 5.41) is 2.80. The first-order valence-electron chi connectivity index (χ1n) is 8.07. The number of aromatic nitrogens is 1. The van der Waals surface area contributed by atoms with Gasteiger partial charge in [0.15, 0.2) is 0 Å². The van der Waals surface area contributed by atoms with Crippen LogP contribution in [0.15, 0.2) is 47.5 Å². The summed E-state index contributed by atoms with van der Waals surface area (Å²) in [5.74, 6) is -0.0602. The molecule has 0 bridgehead atoms. The molecule has 0 radical (unpaired) electrons. The third kappa shape index (κ3) is 3.57. The SMILES string of the molecule is CC(NS(=O)(=O)c1ccc2c(c1)C(C)(C)CC(=O)N2)c1ccccn1. The Morgan fingerprint density at radius 2 is 2.00 bits per heavy atom. The lowest BCUT2D eigenvalue weighted by atomic mass is 9.78. The molecule has 0 saturated heterocycles. The number of carbonyl (C=O) groups is 1. The van der Waals surface area contributed by atoms with E-state index in [1.54, 1.807) is 37.4 Å². The van der Waals surface area contributed by atoms with Gasteiger partial charge in [0, 0.05) is 23.7 Å². The first kappa shape index (κ1) is 17.6. The fourth-order valence-corrected chi connectivity index (χ4v) is 4.29. The Labute approximate surface area is 147 Å². The topological polar surface area (TPSA) is 88.2 Å². The summed E-state index contributed by atoms with van der Waals surface area (Å²) in [6, 6.07) is 9.72. The number of nitrogens with zero attached hydrogens (tertiary/aromatic N) is 1. The van der Waals surface area contributed by atoms with Crippen LogP contribution in [0.3, 0.4) is 0 Å². The predicted octanol–water partition coefficient (Wildman–Crippen LogP) is 2.74. The van der Waals surface area contributed by atoms with Crippen molar-refractivity contribution in [1.82, 2.24) is 9.71 Å². The van der Waals surface area contributed by atoms with E-state index >= 15 is 0 Å². The quantitative estimate of drug-likeness (QED) is 0.878. The fraction of sp³-hybridized carbons (Fsp3) is 0.333. The van der Waals surface area contributed by atoms with Crippen molar-refractivity contribution in [2.45, 2.75) is 43.5 Å². The van der Waals surface area contributed by atoms with Crippen LogP contribution in [0.5, 0.6) is 0 Å². The lowest BCUT2D eigenvalue weighted by Crippen LogP contribution is -2.33. The third-order valence-corrected chi connectivity index (χ3v) is 5.91. The average molecular weight is 359 g/mol. The van der Waals surface area contributed by atoms with Gasteiger partial charge in [-0.05, 0) is 42.8 Å². The van der Waals surface area contributed by atoms with E-state index in [1.165, 1.54) is 6.07 Å². The highest BCUT2D eigenvalue weighted by Crippen LogP contribution is 2.38. The molecule has 0 fully saturated rings. The Kier molecular flexibility index (Phi) is 4.38. The Morgan fingerprint density at radius 3 is 2.68 bits per heavy atom. The molecule has 1 aliphatic rings. The number of fused-ring (bicyclic) bond motifs is 1. The molecule has 2 aromatic rings. The van der Waals surface area contributed by atoms with Crippen molar-refractivity contribution >= 4 is 21.6 Å². The van der Waals surface area contributed by atoms with E-state index in [0.717, 1.165) is 5.56 Å². The van der Waals surface area contributed by atoms with Gasteiger partial charge in [0.05, 0.1) is 16.6 Å². The summed E-state index contributed by atoms with van der Waals surface area (Å²) in [4.78, 5) is 16.1. The maximum Gasteiger partial charge on any atom is 0.241 e. The summed E-state index contributed by atoms with van der Waals surface area (Å²) in [6.07, 6.45) is 1.95. The molecule has 7 heteroatoms. The lowest BCUT2D eigenvalue weighted by molar-refractivity contribution is -0.117. The van der Waals surface area contributed by atoms with Crippen molar-refractivity contribution in [3.63, 3.8) is 0 Å². The van der Waals surface area contributed by atoms with Crippen LogP contribution < -0.4 is 10.0 Å². The number of rotatable bonds is 4. The number of sulfonamides is 1. The minimum absolute atomic E-state index is 0.0602. The molecule has 2 heterocycles. The highest BCUT2D eigenvalue weighted by Gasteiger charge is 2.33. The maximum atomic E-state index is 12.8. The molecule has 0 aliphatic carbocycles. The molecule has 1 unspecified atom stereocenters. The third-order valence-electron chi connectivity index (χ3n) is 4.37. The molecule has 1 aromatic carbocycles. The van der Waals surface area contributed by atoms with E-state index in [2.05, 4.69) is 15.0 Å². The summed E-state index contributed by atoms with van der Waals surface area (Å²) in [7, 11) is -3.71. The average Bonchev–Trinajstić information content (AvgIpc) is 2.54. The summed E-state index contributed by atoms with van der Waals surface area (Å²) >= 11 is 0. The van der Waals surface area contributed by atoms with Crippen LogP contribution in [0, 0.1) is 0 Å². The molecule has 1 atom stereocenters. The van der Waals surface area contributed by atoms with Crippen LogP contribution in [0.1, 0.15) is 44.5 Å². The Bertz CT molecular complexity index is 908. The minimum atomic E-state index is -3.71. The van der Waals surface area contributed by atoms with Crippen LogP contribution in [0.2, 0.25) is 0 Å². The van der Waals surface area contributed by atoms with Crippen LogP contribution in [0.4, 0.5) is 5.69 Å². The van der Waals surface area contributed by atoms with Gasteiger partial charge in [-0.2, -0.15) is 0 Å². The summed E-state index contributed by atoms with van der Waals surface area (Å²) in [6.45, 7) is 5.62. The van der Waals surface area contributed by atoms with Gasteiger partial charge >= 0.3 is 0 Å². The number of pyridine rings is 1. The molecular weight excluding hydrogens is 338 g/mol. The standard InChI is InChI=1S/C18H21N3O3S/c1-12(15-6-4-5-9-19-15)21-25(23,24)13-7-8-16-14(10-13)18(2,3)11-17(22)20-16/h4-10,12,21H,11H2,1-3H3,(H,20,22). The zero-order chi connectivity index (χ0) is 18.2. The van der Waals surface area contributed by atoms with E-state index < -0.39 is 21.5 Å². The number of amides is 1. The monoisotopic (exact) mass is 359 g/mol. The van der Waals surface area contributed by atoms with Gasteiger partial charge in [0.2, 0.25) is 15.9 Å². The second kappa shape index (κ2) is 6.24. The van der Waals surface area contributed by atoms with Crippen LogP contribution in [-0.2, 0) is 20.2 Å². The molecule has 1 aromatic heterocycles. The van der Waals surface area contributed by atoms with E-state index in [9.17, 15) is 13.2 Å².